The molecule has 0 atom stereocenters. The Bertz CT molecular complexity index is 716. The summed E-state index contributed by atoms with van der Waals surface area (Å²) in [5, 5.41) is 0.594. The van der Waals surface area contributed by atoms with Gasteiger partial charge in [-0.25, -0.2) is 4.79 Å². The highest BCUT2D eigenvalue weighted by Gasteiger charge is 2.13. The highest BCUT2D eigenvalue weighted by molar-refractivity contribution is 6.30. The third kappa shape index (κ3) is 7.06. The van der Waals surface area contributed by atoms with Gasteiger partial charge in [-0.1, -0.05) is 25.4 Å². The molecule has 0 aliphatic rings. The van der Waals surface area contributed by atoms with E-state index >= 15 is 0 Å². The fourth-order valence-electron chi connectivity index (χ4n) is 2.71. The highest BCUT2D eigenvalue weighted by Crippen LogP contribution is 2.21. The minimum atomic E-state index is -0.465. The van der Waals surface area contributed by atoms with Gasteiger partial charge in [0.1, 0.15) is 11.5 Å². The number of unbranched alkanes of at least 4 members (excludes halogenated alkanes) is 1. The molecule has 152 valence electrons. The minimum Gasteiger partial charge on any atom is -0.494 e. The number of rotatable bonds is 10. The van der Waals surface area contributed by atoms with E-state index in [1.807, 2.05) is 24.3 Å². The summed E-state index contributed by atoms with van der Waals surface area (Å²) in [5.74, 6) is 1.25. The number of hydrogen-bond donors (Lipinski definition) is 0. The molecule has 2 rings (SSSR count). The SMILES string of the molecule is CCN(CC)CCCCOc1ccc(N(C)C(=O)Oc2ccc(Cl)cc2)cc1. The van der Waals surface area contributed by atoms with Gasteiger partial charge >= 0.3 is 6.09 Å². The van der Waals surface area contributed by atoms with Crippen LogP contribution in [-0.4, -0.2) is 44.3 Å². The zero-order valence-corrected chi connectivity index (χ0v) is 17.6. The van der Waals surface area contributed by atoms with Crippen molar-refractivity contribution in [1.29, 1.82) is 0 Å². The van der Waals surface area contributed by atoms with Crippen LogP contribution in [0.2, 0.25) is 5.02 Å². The van der Waals surface area contributed by atoms with E-state index in [1.165, 1.54) is 4.90 Å². The molecule has 28 heavy (non-hydrogen) atoms. The predicted octanol–water partition coefficient (Wildman–Crippen LogP) is 5.48. The first kappa shape index (κ1) is 22.1. The lowest BCUT2D eigenvalue weighted by molar-refractivity contribution is 0.209. The van der Waals surface area contributed by atoms with Gasteiger partial charge in [0, 0.05) is 17.8 Å². The molecular formula is C22H29ClN2O3. The van der Waals surface area contributed by atoms with E-state index in [-0.39, 0.29) is 0 Å². The number of carbonyl (C=O) groups is 1. The third-order valence-electron chi connectivity index (χ3n) is 4.55. The van der Waals surface area contributed by atoms with Crippen LogP contribution in [0.25, 0.3) is 0 Å². The topological polar surface area (TPSA) is 42.0 Å². The van der Waals surface area contributed by atoms with Crippen LogP contribution in [0.5, 0.6) is 11.5 Å². The van der Waals surface area contributed by atoms with Crippen molar-refractivity contribution in [3.05, 3.63) is 53.6 Å². The molecule has 6 heteroatoms. The van der Waals surface area contributed by atoms with Gasteiger partial charge in [0.25, 0.3) is 0 Å². The molecule has 0 aromatic heterocycles. The number of amides is 1. The number of halogens is 1. The van der Waals surface area contributed by atoms with Crippen molar-refractivity contribution in [2.75, 3.05) is 38.2 Å². The van der Waals surface area contributed by atoms with Crippen LogP contribution in [0.4, 0.5) is 10.5 Å². The van der Waals surface area contributed by atoms with E-state index in [2.05, 4.69) is 18.7 Å². The zero-order chi connectivity index (χ0) is 20.4. The van der Waals surface area contributed by atoms with Gasteiger partial charge in [0.15, 0.2) is 0 Å². The monoisotopic (exact) mass is 404 g/mol. The summed E-state index contributed by atoms with van der Waals surface area (Å²) in [6, 6.07) is 14.1. The second kappa shape index (κ2) is 11.6. The van der Waals surface area contributed by atoms with Crippen LogP contribution in [0.1, 0.15) is 26.7 Å². The Morgan fingerprint density at radius 1 is 0.929 bits per heavy atom. The molecule has 2 aromatic rings. The number of hydrogen-bond acceptors (Lipinski definition) is 4. The molecule has 0 fully saturated rings. The van der Waals surface area contributed by atoms with Gasteiger partial charge in [0.2, 0.25) is 0 Å². The van der Waals surface area contributed by atoms with Gasteiger partial charge in [-0.2, -0.15) is 0 Å². The average molecular weight is 405 g/mol. The van der Waals surface area contributed by atoms with Gasteiger partial charge < -0.3 is 14.4 Å². The highest BCUT2D eigenvalue weighted by atomic mass is 35.5. The maximum absolute atomic E-state index is 12.3. The van der Waals surface area contributed by atoms with Gasteiger partial charge in [-0.15, -0.1) is 0 Å². The zero-order valence-electron chi connectivity index (χ0n) is 16.9. The van der Waals surface area contributed by atoms with Crippen molar-refractivity contribution < 1.29 is 14.3 Å². The largest absolute Gasteiger partial charge is 0.494 e. The van der Waals surface area contributed by atoms with Crippen LogP contribution in [-0.2, 0) is 0 Å². The predicted molar refractivity (Wildman–Crippen MR) is 115 cm³/mol. The van der Waals surface area contributed by atoms with Crippen molar-refractivity contribution in [3.8, 4) is 11.5 Å². The Morgan fingerprint density at radius 2 is 1.54 bits per heavy atom. The molecule has 0 saturated heterocycles. The first-order valence-corrected chi connectivity index (χ1v) is 10.1. The molecule has 0 heterocycles. The van der Waals surface area contributed by atoms with Crippen LogP contribution in [0.3, 0.4) is 0 Å². The second-order valence-electron chi connectivity index (χ2n) is 6.46. The molecule has 2 aromatic carbocycles. The molecular weight excluding hydrogens is 376 g/mol. The molecule has 0 spiro atoms. The summed E-state index contributed by atoms with van der Waals surface area (Å²) < 4.78 is 11.1. The number of carbonyl (C=O) groups excluding carboxylic acids is 1. The molecule has 0 aliphatic heterocycles. The Labute approximate surface area is 172 Å². The Balaban J connectivity index is 1.77. The smallest absolute Gasteiger partial charge is 0.419 e. The molecule has 1 amide bonds. The van der Waals surface area contributed by atoms with Gasteiger partial charge in [0.05, 0.1) is 6.61 Å². The van der Waals surface area contributed by atoms with Crippen LogP contribution in [0, 0.1) is 0 Å². The number of nitrogens with zero attached hydrogens (tertiary/aromatic N) is 2. The average Bonchev–Trinajstić information content (AvgIpc) is 2.72. The van der Waals surface area contributed by atoms with E-state index in [4.69, 9.17) is 21.1 Å². The van der Waals surface area contributed by atoms with Crippen LogP contribution in [0.15, 0.2) is 48.5 Å². The van der Waals surface area contributed by atoms with Crippen LogP contribution < -0.4 is 14.4 Å². The number of ether oxygens (including phenoxy) is 2. The molecule has 0 radical (unpaired) electrons. The van der Waals surface area contributed by atoms with E-state index in [9.17, 15) is 4.79 Å². The van der Waals surface area contributed by atoms with Crippen molar-refractivity contribution in [3.63, 3.8) is 0 Å². The summed E-state index contributed by atoms with van der Waals surface area (Å²) >= 11 is 5.84. The standard InChI is InChI=1S/C22H29ClN2O3/c1-4-25(5-2)16-6-7-17-27-20-14-10-19(11-15-20)24(3)22(26)28-21-12-8-18(23)9-13-21/h8-15H,4-7,16-17H2,1-3H3. The molecule has 0 N–H and O–H groups in total. The fraction of sp³-hybridized carbons (Fsp3) is 0.409. The van der Waals surface area contributed by atoms with E-state index in [0.717, 1.165) is 43.9 Å². The van der Waals surface area contributed by atoms with Crippen LogP contribution >= 0.6 is 11.6 Å². The molecule has 0 aliphatic carbocycles. The summed E-state index contributed by atoms with van der Waals surface area (Å²) in [4.78, 5) is 16.1. The molecule has 0 saturated carbocycles. The maximum atomic E-state index is 12.3. The van der Waals surface area contributed by atoms with Crippen molar-refractivity contribution >= 4 is 23.4 Å². The number of benzene rings is 2. The Morgan fingerprint density at radius 3 is 2.14 bits per heavy atom. The van der Waals surface area contributed by atoms with Gasteiger partial charge in [-0.3, -0.25) is 4.90 Å². The first-order valence-electron chi connectivity index (χ1n) is 9.69. The van der Waals surface area contributed by atoms with E-state index in [1.54, 1.807) is 31.3 Å². The Kier molecular flexibility index (Phi) is 9.11. The molecule has 5 nitrogen and oxygen atoms in total. The third-order valence-corrected chi connectivity index (χ3v) is 4.80. The maximum Gasteiger partial charge on any atom is 0.419 e. The quantitative estimate of drug-likeness (QED) is 0.492. The van der Waals surface area contributed by atoms with Gasteiger partial charge in [-0.05, 0) is 81.0 Å². The second-order valence-corrected chi connectivity index (χ2v) is 6.89. The van der Waals surface area contributed by atoms with Crippen molar-refractivity contribution in [1.82, 2.24) is 4.90 Å². The lowest BCUT2D eigenvalue weighted by atomic mass is 10.2. The normalized spacial score (nSPS) is 10.8. The van der Waals surface area contributed by atoms with E-state index < -0.39 is 6.09 Å². The lowest BCUT2D eigenvalue weighted by Crippen LogP contribution is -2.29. The molecule has 0 unspecified atom stereocenters. The van der Waals surface area contributed by atoms with Crippen molar-refractivity contribution in [2.45, 2.75) is 26.7 Å². The lowest BCUT2D eigenvalue weighted by Gasteiger charge is -2.18. The summed E-state index contributed by atoms with van der Waals surface area (Å²) in [6.07, 6.45) is 1.68. The number of anilines is 1. The first-order chi connectivity index (χ1) is 13.5. The summed E-state index contributed by atoms with van der Waals surface area (Å²) in [5.41, 5.74) is 0.729. The summed E-state index contributed by atoms with van der Waals surface area (Å²) in [6.45, 7) is 8.35. The van der Waals surface area contributed by atoms with E-state index in [0.29, 0.717) is 17.4 Å². The minimum absolute atomic E-state index is 0.450. The molecule has 0 bridgehead atoms. The van der Waals surface area contributed by atoms with Crippen molar-refractivity contribution in [2.24, 2.45) is 0 Å². The fourth-order valence-corrected chi connectivity index (χ4v) is 2.84. The Hall–Kier alpha value is -2.24. The summed E-state index contributed by atoms with van der Waals surface area (Å²) in [7, 11) is 1.67.